The molecule has 13 rings (SSSR count). The van der Waals surface area contributed by atoms with Gasteiger partial charge in [-0.2, -0.15) is 20.2 Å². The first-order valence-corrected chi connectivity index (χ1v) is 28.5. The molecule has 8 heterocycles. The third-order valence-electron chi connectivity index (χ3n) is 16.7. The first-order chi connectivity index (χ1) is 39.0. The molecule has 414 valence electrons. The fourth-order valence-corrected chi connectivity index (χ4v) is 12.6. The number of rotatable bonds is 17. The number of aromatic nitrogens is 5. The summed E-state index contributed by atoms with van der Waals surface area (Å²) in [5, 5.41) is 37.1. The van der Waals surface area contributed by atoms with Crippen molar-refractivity contribution in [3.05, 3.63) is 123 Å². The molecule has 6 atom stereocenters. The van der Waals surface area contributed by atoms with Gasteiger partial charge < -0.3 is 39.8 Å². The monoisotopic (exact) mass is 1120 g/mol. The highest BCUT2D eigenvalue weighted by Crippen LogP contribution is 2.54. The van der Waals surface area contributed by atoms with Crippen molar-refractivity contribution in [1.82, 2.24) is 45.7 Å². The van der Waals surface area contributed by atoms with Crippen LogP contribution in [0.15, 0.2) is 95.5 Å². The Hall–Kier alpha value is -7.03. The molecule has 0 bridgehead atoms. The van der Waals surface area contributed by atoms with Crippen LogP contribution in [-0.4, -0.2) is 128 Å². The lowest BCUT2D eigenvalue weighted by Gasteiger charge is -2.56. The van der Waals surface area contributed by atoms with Gasteiger partial charge >= 0.3 is 6.01 Å². The van der Waals surface area contributed by atoms with Gasteiger partial charge in [-0.3, -0.25) is 19.7 Å². The van der Waals surface area contributed by atoms with Gasteiger partial charge in [-0.25, -0.2) is 9.37 Å². The van der Waals surface area contributed by atoms with Crippen molar-refractivity contribution < 1.29 is 33.3 Å². The number of carbonyl (C=O) groups excluding carboxylic acids is 2. The molecule has 5 fully saturated rings. The van der Waals surface area contributed by atoms with E-state index < -0.39 is 23.9 Å². The highest BCUT2D eigenvalue weighted by atomic mass is 35.5. The number of likely N-dealkylation sites (tertiary alicyclic amines) is 1. The van der Waals surface area contributed by atoms with Gasteiger partial charge in [-0.05, 0) is 83.5 Å². The number of benzene rings is 4. The zero-order chi connectivity index (χ0) is 54.8. The summed E-state index contributed by atoms with van der Waals surface area (Å²) in [5.74, 6) is 0.173. The summed E-state index contributed by atoms with van der Waals surface area (Å²) in [6.07, 6.45) is 7.66. The van der Waals surface area contributed by atoms with Crippen LogP contribution < -0.4 is 25.0 Å². The van der Waals surface area contributed by atoms with E-state index in [4.69, 9.17) is 47.4 Å². The lowest BCUT2D eigenvalue weighted by atomic mass is 9.87. The fourth-order valence-electron chi connectivity index (χ4n) is 12.1. The quantitative estimate of drug-likeness (QED) is 0.0628. The summed E-state index contributed by atoms with van der Waals surface area (Å²) in [7, 11) is 0. The van der Waals surface area contributed by atoms with Crippen molar-refractivity contribution in [1.29, 1.82) is 0 Å². The van der Waals surface area contributed by atoms with Crippen molar-refractivity contribution in [3.63, 3.8) is 0 Å². The molecular formula is C59H61Cl2FN12O6. The molecule has 1 aliphatic carbocycles. The summed E-state index contributed by atoms with van der Waals surface area (Å²) in [4.78, 5) is 47.1. The van der Waals surface area contributed by atoms with Gasteiger partial charge in [0.05, 0.1) is 55.2 Å². The van der Waals surface area contributed by atoms with Crippen molar-refractivity contribution >= 4 is 62.6 Å². The molecular weight excluding hydrogens is 1060 g/mol. The Balaban J connectivity index is 0.747. The number of aliphatic hydroxyl groups is 1. The number of nitrogens with zero attached hydrogens (tertiary/aromatic N) is 9. The number of carbonyl (C=O) groups is 2. The largest absolute Gasteiger partial charge is 0.486 e. The van der Waals surface area contributed by atoms with E-state index in [1.165, 1.54) is 6.07 Å². The third-order valence-corrected chi connectivity index (χ3v) is 17.4. The Kier molecular flexibility index (Phi) is 14.3. The number of hydrogen-bond donors (Lipinski definition) is 4. The van der Waals surface area contributed by atoms with E-state index in [0.717, 1.165) is 70.5 Å². The first-order valence-electron chi connectivity index (χ1n) is 27.8. The second-order valence-electron chi connectivity index (χ2n) is 22.2. The average Bonchev–Trinajstić information content (AvgIpc) is 3.93. The Morgan fingerprint density at radius 2 is 1.77 bits per heavy atom. The second-order valence-corrected chi connectivity index (χ2v) is 22.9. The van der Waals surface area contributed by atoms with Crippen LogP contribution >= 0.6 is 23.2 Å². The fraction of sp³-hybridized carbons (Fsp3) is 0.424. The molecule has 4 aromatic carbocycles. The predicted molar refractivity (Wildman–Crippen MR) is 300 cm³/mol. The van der Waals surface area contributed by atoms with Gasteiger partial charge in [0.2, 0.25) is 11.8 Å². The maximum Gasteiger partial charge on any atom is 0.319 e. The van der Waals surface area contributed by atoms with Crippen LogP contribution in [0.2, 0.25) is 10.2 Å². The van der Waals surface area contributed by atoms with Gasteiger partial charge in [-0.15, -0.1) is 0 Å². The molecule has 0 radical (unpaired) electrons. The number of ether oxygens (including phenoxy) is 3. The number of aromatic amines is 1. The molecule has 6 aliphatic rings. The van der Waals surface area contributed by atoms with E-state index in [9.17, 15) is 14.7 Å². The molecule has 6 unspecified atom stereocenters. The van der Waals surface area contributed by atoms with Crippen molar-refractivity contribution in [2.24, 2.45) is 16.3 Å². The van der Waals surface area contributed by atoms with Crippen molar-refractivity contribution in [2.75, 3.05) is 50.9 Å². The average molecular weight is 1120 g/mol. The zero-order valence-corrected chi connectivity index (χ0v) is 45.8. The van der Waals surface area contributed by atoms with Gasteiger partial charge in [0.25, 0.3) is 0 Å². The van der Waals surface area contributed by atoms with E-state index >= 15 is 4.39 Å². The van der Waals surface area contributed by atoms with Crippen molar-refractivity contribution in [3.8, 4) is 34.0 Å². The van der Waals surface area contributed by atoms with Crippen LogP contribution in [0.1, 0.15) is 92.6 Å². The highest BCUT2D eigenvalue weighted by molar-refractivity contribution is 6.35. The maximum atomic E-state index is 16.0. The van der Waals surface area contributed by atoms with Crippen LogP contribution in [-0.2, 0) is 20.9 Å². The predicted octanol–water partition coefficient (Wildman–Crippen LogP) is 9.44. The number of H-pyrrole nitrogens is 1. The lowest BCUT2D eigenvalue weighted by Crippen LogP contribution is -2.78. The minimum atomic E-state index is -0.714. The van der Waals surface area contributed by atoms with Crippen LogP contribution in [0.3, 0.4) is 0 Å². The topological polar surface area (TPSA) is 208 Å². The first kappa shape index (κ1) is 52.3. The minimum Gasteiger partial charge on any atom is -0.486 e. The van der Waals surface area contributed by atoms with E-state index in [0.29, 0.717) is 103 Å². The molecule has 7 aromatic rings. The van der Waals surface area contributed by atoms with Crippen LogP contribution in [0.5, 0.6) is 11.8 Å². The Morgan fingerprint density at radius 3 is 2.49 bits per heavy atom. The summed E-state index contributed by atoms with van der Waals surface area (Å²) in [5.41, 5.74) is 7.32. The Bertz CT molecular complexity index is 3520. The van der Waals surface area contributed by atoms with Crippen LogP contribution in [0.4, 0.5) is 10.2 Å². The molecule has 4 N–H and O–H groups in total. The third kappa shape index (κ3) is 9.83. The summed E-state index contributed by atoms with van der Waals surface area (Å²) in [6, 6.07) is 21.2. The number of pyridine rings is 1. The number of aliphatic hydroxyl groups excluding tert-OH is 1. The van der Waals surface area contributed by atoms with Crippen molar-refractivity contribution in [2.45, 2.75) is 107 Å². The van der Waals surface area contributed by atoms with Gasteiger partial charge in [0.1, 0.15) is 53.1 Å². The number of fused-ring (bicyclic) bond motifs is 3. The van der Waals surface area contributed by atoms with E-state index in [1.807, 2.05) is 74.5 Å². The Labute approximate surface area is 471 Å². The number of amides is 2. The van der Waals surface area contributed by atoms with E-state index in [1.54, 1.807) is 22.3 Å². The van der Waals surface area contributed by atoms with Crippen LogP contribution in [0, 0.1) is 11.7 Å². The molecule has 2 amide bonds. The molecule has 5 aliphatic heterocycles. The minimum absolute atomic E-state index is 0.0288. The van der Waals surface area contributed by atoms with E-state index in [-0.39, 0.29) is 60.0 Å². The molecule has 1 saturated carbocycles. The zero-order valence-electron chi connectivity index (χ0n) is 44.3. The lowest BCUT2D eigenvalue weighted by molar-refractivity contribution is -0.144. The highest BCUT2D eigenvalue weighted by Gasteiger charge is 2.48. The van der Waals surface area contributed by atoms with E-state index in [2.05, 4.69) is 47.1 Å². The number of anilines is 1. The SMILES string of the molecule is CC(C)C(C(=O)N1CCCC1C(=O)NC(CO)c1ccc(-c2cccnc2Cl)cc1)N1CC(c2ccc(COc3c(-c4c(Cl)c(F)cc5[nH]ncc45)c(C4CC4)cc4c(N5CC6NCC65)nc(OC5CCOCC5)nc34)cc2)N=N1. The molecule has 80 heavy (non-hydrogen) atoms. The molecule has 18 nitrogen and oxygen atoms in total. The van der Waals surface area contributed by atoms with Gasteiger partial charge in [-0.1, -0.05) is 90.8 Å². The standard InChI is InChI=1S/C59H61Cl2FN12O6/c1-31(2)53(58(77)72-20-4-6-47(72)57(76)66-46(29-75)36-15-13-33(14-16-36)38-5-3-19-63-55(38)61)74-28-44(70-71-74)35-9-7-32(8-10-35)30-79-54-50(49-41-25-65-69-43(41)24-42(62)51(49)60)39(34-11-12-34)23-40-52(54)67-59(80-37-17-21-78-22-18-37)68-56(40)73-27-45-48(73)26-64-45/h3,5,7-10,13-16,19,23-25,31,34,37,44-48,53,64,75H,4,6,11-12,17-18,20-22,26-30H2,1-2H3,(H,65,69)(H,66,76). The van der Waals surface area contributed by atoms with Gasteiger partial charge in [0, 0.05) is 78.2 Å². The second kappa shape index (κ2) is 21.8. The van der Waals surface area contributed by atoms with Gasteiger partial charge in [0.15, 0.2) is 5.75 Å². The molecule has 0 spiro atoms. The van der Waals surface area contributed by atoms with Crippen LogP contribution in [0.25, 0.3) is 44.1 Å². The summed E-state index contributed by atoms with van der Waals surface area (Å²) >= 11 is 13.4. The molecule has 4 saturated heterocycles. The molecule has 21 heteroatoms. The number of piperazine rings is 1. The number of hydrogen-bond acceptors (Lipinski definition) is 15. The summed E-state index contributed by atoms with van der Waals surface area (Å²) in [6.45, 7) is 7.36. The number of halogens is 3. The smallest absolute Gasteiger partial charge is 0.319 e. The summed E-state index contributed by atoms with van der Waals surface area (Å²) < 4.78 is 35.3. The Morgan fingerprint density at radius 1 is 0.963 bits per heavy atom. The molecule has 3 aromatic heterocycles. The normalized spacial score (nSPS) is 21.7. The maximum absolute atomic E-state index is 16.0. The number of nitrogens with one attached hydrogen (secondary N) is 3.